The summed E-state index contributed by atoms with van der Waals surface area (Å²) in [6.07, 6.45) is -3.94. The zero-order valence-electron chi connectivity index (χ0n) is 17.4. The third kappa shape index (κ3) is 9.46. The van der Waals surface area contributed by atoms with Gasteiger partial charge < -0.3 is 10.2 Å². The van der Waals surface area contributed by atoms with Gasteiger partial charge in [-0.2, -0.15) is 13.2 Å². The summed E-state index contributed by atoms with van der Waals surface area (Å²) in [6, 6.07) is 14.0. The number of nitrogens with one attached hydrogen (secondary N) is 1. The molecule has 31 heavy (non-hydrogen) atoms. The molecule has 5 nitrogen and oxygen atoms in total. The van der Waals surface area contributed by atoms with E-state index in [2.05, 4.69) is 10.3 Å². The molecule has 1 N–H and O–H groups in total. The minimum Gasteiger partial charge on any atom is -0.356 e. The molecule has 2 aromatic rings. The highest BCUT2D eigenvalue weighted by Crippen LogP contribution is 2.29. The van der Waals surface area contributed by atoms with Gasteiger partial charge >= 0.3 is 6.18 Å². The van der Waals surface area contributed by atoms with Gasteiger partial charge in [-0.1, -0.05) is 42.5 Å². The second-order valence-corrected chi connectivity index (χ2v) is 9.14. The Morgan fingerprint density at radius 3 is 2.19 bits per heavy atom. The number of rotatable bonds is 8. The number of aliphatic imine (C=N–C) groups is 1. The van der Waals surface area contributed by atoms with Crippen LogP contribution in [-0.4, -0.2) is 45.7 Å². The first-order valence-electron chi connectivity index (χ1n) is 9.43. The lowest BCUT2D eigenvalue weighted by atomic mass is 10.1. The van der Waals surface area contributed by atoms with Crippen molar-refractivity contribution in [3.8, 4) is 0 Å². The van der Waals surface area contributed by atoms with Crippen LogP contribution >= 0.6 is 24.0 Å². The standard InChI is InChI=1S/C21H26F3N3O2S.HI/c1-25-20(27(2)15-17-9-11-19(12-10-17)21(22,23)24)26-13-6-14-30(28,29)16-18-7-4-3-5-8-18;/h3-5,7-12H,6,13-16H2,1-2H3,(H,25,26);1H. The summed E-state index contributed by atoms with van der Waals surface area (Å²) in [4.78, 5) is 5.91. The van der Waals surface area contributed by atoms with E-state index < -0.39 is 21.6 Å². The molecule has 172 valence electrons. The number of hydrogen-bond acceptors (Lipinski definition) is 3. The van der Waals surface area contributed by atoms with Gasteiger partial charge in [0, 0.05) is 27.2 Å². The van der Waals surface area contributed by atoms with E-state index in [0.717, 1.165) is 17.7 Å². The molecular weight excluding hydrogens is 542 g/mol. The Morgan fingerprint density at radius 2 is 1.65 bits per heavy atom. The first-order valence-corrected chi connectivity index (χ1v) is 11.2. The fourth-order valence-corrected chi connectivity index (χ4v) is 4.35. The Balaban J connectivity index is 0.00000480. The third-order valence-electron chi connectivity index (χ3n) is 4.42. The van der Waals surface area contributed by atoms with Crippen LogP contribution in [0.3, 0.4) is 0 Å². The summed E-state index contributed by atoms with van der Waals surface area (Å²) in [5, 5.41) is 3.09. The van der Waals surface area contributed by atoms with Gasteiger partial charge in [0.05, 0.1) is 17.1 Å². The molecular formula is C21H27F3IN3O2S. The highest BCUT2D eigenvalue weighted by Gasteiger charge is 2.29. The zero-order chi connectivity index (χ0) is 22.2. The molecule has 0 aliphatic carbocycles. The fourth-order valence-electron chi connectivity index (χ4n) is 2.93. The predicted molar refractivity (Wildman–Crippen MR) is 128 cm³/mol. The largest absolute Gasteiger partial charge is 0.416 e. The van der Waals surface area contributed by atoms with Crippen LogP contribution in [0.4, 0.5) is 13.2 Å². The van der Waals surface area contributed by atoms with Gasteiger partial charge in [0.1, 0.15) is 0 Å². The zero-order valence-corrected chi connectivity index (χ0v) is 20.5. The lowest BCUT2D eigenvalue weighted by Gasteiger charge is -2.22. The molecule has 0 radical (unpaired) electrons. The van der Waals surface area contributed by atoms with Gasteiger partial charge in [-0.3, -0.25) is 4.99 Å². The summed E-state index contributed by atoms with van der Waals surface area (Å²) in [6.45, 7) is 0.780. The Hall–Kier alpha value is -1.82. The van der Waals surface area contributed by atoms with Gasteiger partial charge in [0.15, 0.2) is 15.8 Å². The summed E-state index contributed by atoms with van der Waals surface area (Å²) in [7, 11) is 0.148. The predicted octanol–water partition coefficient (Wildman–Crippen LogP) is 4.34. The molecule has 0 bridgehead atoms. The van der Waals surface area contributed by atoms with Crippen LogP contribution in [0, 0.1) is 0 Å². The average molecular weight is 569 g/mol. The normalized spacial score (nSPS) is 12.2. The van der Waals surface area contributed by atoms with Gasteiger partial charge in [-0.05, 0) is 29.7 Å². The third-order valence-corrected chi connectivity index (χ3v) is 6.10. The molecule has 0 saturated heterocycles. The maximum atomic E-state index is 12.7. The number of sulfone groups is 1. The summed E-state index contributed by atoms with van der Waals surface area (Å²) in [5.74, 6) is 0.598. The molecule has 0 amide bonds. The van der Waals surface area contributed by atoms with Crippen molar-refractivity contribution in [2.45, 2.75) is 24.9 Å². The number of alkyl halides is 3. The first-order chi connectivity index (χ1) is 14.1. The van der Waals surface area contributed by atoms with E-state index in [4.69, 9.17) is 0 Å². The van der Waals surface area contributed by atoms with Crippen LogP contribution in [0.25, 0.3) is 0 Å². The molecule has 0 fully saturated rings. The van der Waals surface area contributed by atoms with E-state index in [1.54, 1.807) is 31.1 Å². The van der Waals surface area contributed by atoms with Crippen molar-refractivity contribution in [1.29, 1.82) is 0 Å². The van der Waals surface area contributed by atoms with Crippen molar-refractivity contribution in [3.05, 3.63) is 71.3 Å². The van der Waals surface area contributed by atoms with Crippen molar-refractivity contribution in [3.63, 3.8) is 0 Å². The Bertz CT molecular complexity index is 935. The quantitative estimate of drug-likeness (QED) is 0.223. The number of guanidine groups is 1. The van der Waals surface area contributed by atoms with Crippen LogP contribution in [-0.2, 0) is 28.3 Å². The second kappa shape index (κ2) is 12.3. The monoisotopic (exact) mass is 569 g/mol. The van der Waals surface area contributed by atoms with Crippen LogP contribution in [0.1, 0.15) is 23.1 Å². The van der Waals surface area contributed by atoms with Gasteiger partial charge in [0.25, 0.3) is 0 Å². The molecule has 0 saturated carbocycles. The maximum Gasteiger partial charge on any atom is 0.416 e. The number of nitrogens with zero attached hydrogens (tertiary/aromatic N) is 2. The number of halogens is 4. The van der Waals surface area contributed by atoms with Crippen LogP contribution in [0.2, 0.25) is 0 Å². The minimum atomic E-state index is -4.36. The number of hydrogen-bond donors (Lipinski definition) is 1. The average Bonchev–Trinajstić information content (AvgIpc) is 2.68. The van der Waals surface area contributed by atoms with Crippen molar-refractivity contribution in [2.24, 2.45) is 4.99 Å². The molecule has 0 heterocycles. The molecule has 0 aromatic heterocycles. The number of benzene rings is 2. The Kier molecular flexibility index (Phi) is 10.8. The van der Waals surface area contributed by atoms with Gasteiger partial charge in [-0.25, -0.2) is 8.42 Å². The topological polar surface area (TPSA) is 61.8 Å². The lowest BCUT2D eigenvalue weighted by Crippen LogP contribution is -2.39. The first kappa shape index (κ1) is 27.2. The molecule has 0 spiro atoms. The summed E-state index contributed by atoms with van der Waals surface area (Å²) < 4.78 is 62.5. The summed E-state index contributed by atoms with van der Waals surface area (Å²) >= 11 is 0. The van der Waals surface area contributed by atoms with E-state index in [0.29, 0.717) is 31.0 Å². The van der Waals surface area contributed by atoms with Crippen molar-refractivity contribution in [2.75, 3.05) is 26.4 Å². The molecule has 0 aliphatic heterocycles. The van der Waals surface area contributed by atoms with E-state index in [1.165, 1.54) is 12.1 Å². The van der Waals surface area contributed by atoms with E-state index >= 15 is 0 Å². The fraction of sp³-hybridized carbons (Fsp3) is 0.381. The van der Waals surface area contributed by atoms with Crippen molar-refractivity contribution < 1.29 is 21.6 Å². The molecule has 0 unspecified atom stereocenters. The SMILES string of the molecule is CN=C(NCCCS(=O)(=O)Cc1ccccc1)N(C)Cc1ccc(C(F)(F)F)cc1.I. The Labute approximate surface area is 198 Å². The molecule has 0 atom stereocenters. The maximum absolute atomic E-state index is 12.7. The van der Waals surface area contributed by atoms with E-state index in [1.807, 2.05) is 18.2 Å². The molecule has 2 aromatic carbocycles. The smallest absolute Gasteiger partial charge is 0.356 e. The van der Waals surface area contributed by atoms with Gasteiger partial charge in [-0.15, -0.1) is 24.0 Å². The Morgan fingerprint density at radius 1 is 1.03 bits per heavy atom. The molecule has 10 heteroatoms. The highest BCUT2D eigenvalue weighted by molar-refractivity contribution is 14.0. The molecule has 0 aliphatic rings. The van der Waals surface area contributed by atoms with E-state index in [-0.39, 0.29) is 35.5 Å². The van der Waals surface area contributed by atoms with E-state index in [9.17, 15) is 21.6 Å². The van der Waals surface area contributed by atoms with Crippen LogP contribution in [0.5, 0.6) is 0 Å². The van der Waals surface area contributed by atoms with Gasteiger partial charge in [0.2, 0.25) is 0 Å². The van der Waals surface area contributed by atoms with Crippen molar-refractivity contribution >= 4 is 39.8 Å². The van der Waals surface area contributed by atoms with Crippen LogP contribution < -0.4 is 5.32 Å². The highest BCUT2D eigenvalue weighted by atomic mass is 127. The minimum absolute atomic E-state index is 0. The van der Waals surface area contributed by atoms with Crippen molar-refractivity contribution in [1.82, 2.24) is 10.2 Å². The van der Waals surface area contributed by atoms with Crippen LogP contribution in [0.15, 0.2) is 59.6 Å². The molecule has 2 rings (SSSR count). The second-order valence-electron chi connectivity index (χ2n) is 6.96. The summed E-state index contributed by atoms with van der Waals surface area (Å²) in [5.41, 5.74) is 0.782. The lowest BCUT2D eigenvalue weighted by molar-refractivity contribution is -0.137.